The van der Waals surface area contributed by atoms with Crippen LogP contribution >= 0.6 is 0 Å². The van der Waals surface area contributed by atoms with Gasteiger partial charge in [-0.05, 0) is 138 Å². The summed E-state index contributed by atoms with van der Waals surface area (Å²) >= 11 is 0. The molecule has 262 valence electrons. The summed E-state index contributed by atoms with van der Waals surface area (Å²) < 4.78 is 11.5. The van der Waals surface area contributed by atoms with E-state index in [-0.39, 0.29) is 30.3 Å². The Labute approximate surface area is 294 Å². The number of ether oxygens (including phenoxy) is 2. The Morgan fingerprint density at radius 2 is 1.34 bits per heavy atom. The first kappa shape index (κ1) is 32.6. The third-order valence-corrected chi connectivity index (χ3v) is 10.6. The maximum absolute atomic E-state index is 13.2. The molecule has 4 atom stereocenters. The number of aromatic nitrogens is 4. The van der Waals surface area contributed by atoms with Crippen LogP contribution in [-0.4, -0.2) is 65.7 Å². The topological polar surface area (TPSA) is 116 Å². The second-order valence-corrected chi connectivity index (χ2v) is 16.5. The Morgan fingerprint density at radius 3 is 1.96 bits per heavy atom. The SMILES string of the molecule is CC(C)(C)OC(=O)N1CCC[C@H]1c1ncc(-c2ccc3c(c2)CCc2cc(-c4cnc([C@@H]5[C@H]6CC[C@H](C6)N5C(=O)OC(C)(C)C)[nH]4)ccc2-3)[nH]1. The van der Waals surface area contributed by atoms with Gasteiger partial charge in [0.25, 0.3) is 0 Å². The summed E-state index contributed by atoms with van der Waals surface area (Å²) in [6.45, 7) is 12.1. The van der Waals surface area contributed by atoms with Crippen LogP contribution in [0.2, 0.25) is 0 Å². The fraction of sp³-hybridized carbons (Fsp3) is 0.500. The summed E-state index contributed by atoms with van der Waals surface area (Å²) in [4.78, 5) is 46.5. The number of likely N-dealkylation sites (tertiary alicyclic amines) is 2. The van der Waals surface area contributed by atoms with Crippen LogP contribution in [0.15, 0.2) is 48.8 Å². The lowest BCUT2D eigenvalue weighted by molar-refractivity contribution is 0.00613. The molecule has 50 heavy (non-hydrogen) atoms. The van der Waals surface area contributed by atoms with Crippen LogP contribution in [0.4, 0.5) is 9.59 Å². The molecule has 2 N–H and O–H groups in total. The molecule has 1 saturated carbocycles. The van der Waals surface area contributed by atoms with Gasteiger partial charge in [-0.25, -0.2) is 19.6 Å². The number of aromatic amines is 2. The highest BCUT2D eigenvalue weighted by atomic mass is 16.6. The predicted octanol–water partition coefficient (Wildman–Crippen LogP) is 8.76. The number of carbonyl (C=O) groups excluding carboxylic acids is 2. The van der Waals surface area contributed by atoms with Crippen LogP contribution in [-0.2, 0) is 22.3 Å². The first-order valence-corrected chi connectivity index (χ1v) is 18.2. The lowest BCUT2D eigenvalue weighted by Crippen LogP contribution is -2.43. The van der Waals surface area contributed by atoms with E-state index in [1.165, 1.54) is 22.3 Å². The molecule has 4 heterocycles. The second-order valence-electron chi connectivity index (χ2n) is 16.5. The fourth-order valence-electron chi connectivity index (χ4n) is 8.52. The molecule has 10 nitrogen and oxygen atoms in total. The van der Waals surface area contributed by atoms with E-state index in [9.17, 15) is 9.59 Å². The highest BCUT2D eigenvalue weighted by Crippen LogP contribution is 2.50. The van der Waals surface area contributed by atoms with Gasteiger partial charge in [0.1, 0.15) is 22.9 Å². The van der Waals surface area contributed by atoms with E-state index in [1.807, 2.05) is 58.8 Å². The standard InChI is InChI=1S/C40H48N6O4/c1-39(2,3)49-37(47)45-17-7-8-33(45)35-41-21-31(43-35)25-12-15-29-23(18-25)9-10-24-19-26(13-16-30(24)29)32-22-42-36(44-32)34-27-11-14-28(20-27)46(34)38(48)50-40(4,5)6/h12-13,15-16,18-19,21-22,27-28,33-34H,7-11,14,17,20H2,1-6H3,(H,41,43)(H,42,44)/t27-,28+,33-,34-/m0/s1. The highest BCUT2D eigenvalue weighted by molar-refractivity contribution is 5.79. The lowest BCUT2D eigenvalue weighted by atomic mass is 9.83. The maximum atomic E-state index is 13.2. The quantitative estimate of drug-likeness (QED) is 0.223. The van der Waals surface area contributed by atoms with Crippen LogP contribution < -0.4 is 0 Å². The van der Waals surface area contributed by atoms with Crippen LogP contribution in [0.25, 0.3) is 33.6 Å². The molecular formula is C40H48N6O4. The molecule has 2 aliphatic heterocycles. The molecule has 0 spiro atoms. The molecule has 0 radical (unpaired) electrons. The number of rotatable bonds is 4. The molecule has 2 aromatic heterocycles. The molecule has 8 rings (SSSR count). The summed E-state index contributed by atoms with van der Waals surface area (Å²) in [5.41, 5.74) is 8.21. The zero-order valence-corrected chi connectivity index (χ0v) is 30.0. The number of nitrogens with one attached hydrogen (secondary N) is 2. The van der Waals surface area contributed by atoms with Crippen molar-refractivity contribution in [2.45, 2.75) is 116 Å². The normalized spacial score (nSPS) is 22.8. The smallest absolute Gasteiger partial charge is 0.411 e. The van der Waals surface area contributed by atoms with E-state index < -0.39 is 11.2 Å². The number of amides is 2. The van der Waals surface area contributed by atoms with Crippen molar-refractivity contribution in [1.29, 1.82) is 0 Å². The molecule has 3 fully saturated rings. The second kappa shape index (κ2) is 12.0. The highest BCUT2D eigenvalue weighted by Gasteiger charge is 2.51. The first-order chi connectivity index (χ1) is 23.8. The number of imidazole rings is 2. The average Bonchev–Trinajstić information content (AvgIpc) is 3.90. The number of H-pyrrole nitrogens is 2. The van der Waals surface area contributed by atoms with E-state index in [0.717, 1.165) is 79.1 Å². The molecule has 2 bridgehead atoms. The minimum absolute atomic E-state index is 0.0796. The summed E-state index contributed by atoms with van der Waals surface area (Å²) in [6.07, 6.45) is 10.1. The number of carbonyl (C=O) groups is 2. The van der Waals surface area contributed by atoms with Gasteiger partial charge < -0.3 is 19.4 Å². The summed E-state index contributed by atoms with van der Waals surface area (Å²) in [5, 5.41) is 0. The monoisotopic (exact) mass is 676 g/mol. The molecule has 4 aliphatic rings. The van der Waals surface area contributed by atoms with Gasteiger partial charge >= 0.3 is 12.2 Å². The fourth-order valence-corrected chi connectivity index (χ4v) is 8.52. The molecule has 2 aliphatic carbocycles. The van der Waals surface area contributed by atoms with Crippen molar-refractivity contribution >= 4 is 12.2 Å². The number of fused-ring (bicyclic) bond motifs is 5. The van der Waals surface area contributed by atoms with Crippen molar-refractivity contribution in [2.24, 2.45) is 5.92 Å². The van der Waals surface area contributed by atoms with Crippen molar-refractivity contribution in [3.05, 3.63) is 71.6 Å². The van der Waals surface area contributed by atoms with Gasteiger partial charge in [0, 0.05) is 12.6 Å². The molecule has 2 saturated heterocycles. The van der Waals surface area contributed by atoms with Gasteiger partial charge in [0.2, 0.25) is 0 Å². The van der Waals surface area contributed by atoms with Crippen molar-refractivity contribution in [2.75, 3.05) is 6.54 Å². The minimum atomic E-state index is -0.536. The van der Waals surface area contributed by atoms with Crippen molar-refractivity contribution in [3.63, 3.8) is 0 Å². The third kappa shape index (κ3) is 6.07. The molecule has 10 heteroatoms. The number of aryl methyl sites for hydroxylation is 2. The third-order valence-electron chi connectivity index (χ3n) is 10.6. The van der Waals surface area contributed by atoms with E-state index in [4.69, 9.17) is 19.4 Å². The van der Waals surface area contributed by atoms with Crippen LogP contribution in [0.3, 0.4) is 0 Å². The van der Waals surface area contributed by atoms with Crippen LogP contribution in [0.5, 0.6) is 0 Å². The first-order valence-electron chi connectivity index (χ1n) is 18.2. The van der Waals surface area contributed by atoms with E-state index in [1.54, 1.807) is 4.90 Å². The Bertz CT molecular complexity index is 1950. The van der Waals surface area contributed by atoms with Gasteiger partial charge in [-0.2, -0.15) is 0 Å². The number of hydrogen-bond donors (Lipinski definition) is 2. The number of nitrogens with zero attached hydrogens (tertiary/aromatic N) is 4. The van der Waals surface area contributed by atoms with E-state index >= 15 is 0 Å². The van der Waals surface area contributed by atoms with Crippen molar-refractivity contribution in [3.8, 4) is 33.6 Å². The Kier molecular flexibility index (Phi) is 7.84. The molecular weight excluding hydrogens is 628 g/mol. The summed E-state index contributed by atoms with van der Waals surface area (Å²) in [5.74, 6) is 2.06. The van der Waals surface area contributed by atoms with E-state index in [2.05, 4.69) is 46.4 Å². The zero-order chi connectivity index (χ0) is 34.9. The zero-order valence-electron chi connectivity index (χ0n) is 30.0. The van der Waals surface area contributed by atoms with Crippen LogP contribution in [0.1, 0.15) is 109 Å². The van der Waals surface area contributed by atoms with Gasteiger partial charge in [-0.3, -0.25) is 9.80 Å². The predicted molar refractivity (Wildman–Crippen MR) is 191 cm³/mol. The van der Waals surface area contributed by atoms with Crippen molar-refractivity contribution in [1.82, 2.24) is 29.7 Å². The molecule has 2 aromatic carbocycles. The largest absolute Gasteiger partial charge is 0.444 e. The summed E-state index contributed by atoms with van der Waals surface area (Å²) in [7, 11) is 0. The summed E-state index contributed by atoms with van der Waals surface area (Å²) in [6, 6.07) is 13.4. The number of piperidine rings is 1. The molecule has 0 unspecified atom stereocenters. The van der Waals surface area contributed by atoms with Gasteiger partial charge in [0.15, 0.2) is 0 Å². The Hall–Kier alpha value is -4.60. The van der Waals surface area contributed by atoms with Crippen LogP contribution in [0, 0.1) is 5.92 Å². The number of benzene rings is 2. The Morgan fingerprint density at radius 1 is 0.760 bits per heavy atom. The molecule has 4 aromatic rings. The van der Waals surface area contributed by atoms with Gasteiger partial charge in [0.05, 0.1) is 35.9 Å². The van der Waals surface area contributed by atoms with Crippen molar-refractivity contribution < 1.29 is 19.1 Å². The molecule has 2 amide bonds. The number of hydrogen-bond acceptors (Lipinski definition) is 6. The maximum Gasteiger partial charge on any atom is 0.411 e. The van der Waals surface area contributed by atoms with Gasteiger partial charge in [-0.1, -0.05) is 24.3 Å². The minimum Gasteiger partial charge on any atom is -0.444 e. The lowest BCUT2D eigenvalue weighted by Gasteiger charge is -2.35. The Balaban J connectivity index is 0.996. The average molecular weight is 677 g/mol. The van der Waals surface area contributed by atoms with Gasteiger partial charge in [-0.15, -0.1) is 0 Å². The van der Waals surface area contributed by atoms with E-state index in [0.29, 0.717) is 12.5 Å².